The zero-order chi connectivity index (χ0) is 16.8. The first kappa shape index (κ1) is 16.7. The highest BCUT2D eigenvalue weighted by Crippen LogP contribution is 2.12. The molecule has 120 valence electrons. The average molecular weight is 311 g/mol. The van der Waals surface area contributed by atoms with E-state index in [2.05, 4.69) is 15.6 Å². The monoisotopic (exact) mass is 311 g/mol. The van der Waals surface area contributed by atoms with Gasteiger partial charge in [-0.2, -0.15) is 0 Å². The fourth-order valence-corrected chi connectivity index (χ4v) is 2.13. The van der Waals surface area contributed by atoms with Crippen LogP contribution >= 0.6 is 0 Å². The number of benzene rings is 1. The lowest BCUT2D eigenvalue weighted by molar-refractivity contribution is -0.116. The van der Waals surface area contributed by atoms with Crippen LogP contribution in [0.3, 0.4) is 0 Å². The van der Waals surface area contributed by atoms with E-state index in [0.717, 1.165) is 16.7 Å². The molecule has 0 radical (unpaired) electrons. The Morgan fingerprint density at radius 1 is 1.09 bits per heavy atom. The summed E-state index contributed by atoms with van der Waals surface area (Å²) in [7, 11) is 0. The summed E-state index contributed by atoms with van der Waals surface area (Å²) in [5.41, 5.74) is 3.70. The molecule has 0 bridgehead atoms. The molecule has 5 nitrogen and oxygen atoms in total. The van der Waals surface area contributed by atoms with Crippen molar-refractivity contribution in [2.45, 2.75) is 27.2 Å². The third-order valence-corrected chi connectivity index (χ3v) is 3.67. The Morgan fingerprint density at radius 3 is 2.57 bits per heavy atom. The molecule has 0 spiro atoms. The van der Waals surface area contributed by atoms with E-state index in [-0.39, 0.29) is 24.8 Å². The van der Waals surface area contributed by atoms with Crippen molar-refractivity contribution in [3.63, 3.8) is 0 Å². The van der Waals surface area contributed by atoms with Crippen molar-refractivity contribution >= 4 is 17.6 Å². The van der Waals surface area contributed by atoms with Crippen molar-refractivity contribution in [2.75, 3.05) is 11.9 Å². The Labute approximate surface area is 136 Å². The predicted molar refractivity (Wildman–Crippen MR) is 90.5 cm³/mol. The molecule has 2 amide bonds. The van der Waals surface area contributed by atoms with E-state index in [1.165, 1.54) is 0 Å². The summed E-state index contributed by atoms with van der Waals surface area (Å²) < 4.78 is 0. The number of nitrogens with one attached hydrogen (secondary N) is 2. The van der Waals surface area contributed by atoms with Crippen LogP contribution in [-0.4, -0.2) is 23.3 Å². The lowest BCUT2D eigenvalue weighted by Crippen LogP contribution is -2.28. The Kier molecular flexibility index (Phi) is 5.46. The largest absolute Gasteiger partial charge is 0.352 e. The van der Waals surface area contributed by atoms with Gasteiger partial charge in [0.1, 0.15) is 5.82 Å². The second-order valence-electron chi connectivity index (χ2n) is 5.52. The molecule has 23 heavy (non-hydrogen) atoms. The fourth-order valence-electron chi connectivity index (χ4n) is 2.13. The van der Waals surface area contributed by atoms with E-state index in [4.69, 9.17) is 0 Å². The maximum atomic E-state index is 12.1. The number of hydrogen-bond acceptors (Lipinski definition) is 3. The Bertz CT molecular complexity index is 709. The van der Waals surface area contributed by atoms with Crippen LogP contribution in [0.15, 0.2) is 36.5 Å². The average Bonchev–Trinajstić information content (AvgIpc) is 2.52. The molecule has 0 saturated carbocycles. The molecule has 2 rings (SSSR count). The minimum absolute atomic E-state index is 0.160. The van der Waals surface area contributed by atoms with Crippen LogP contribution in [0.25, 0.3) is 0 Å². The van der Waals surface area contributed by atoms with Gasteiger partial charge < -0.3 is 10.6 Å². The smallest absolute Gasteiger partial charge is 0.251 e. The summed E-state index contributed by atoms with van der Waals surface area (Å²) >= 11 is 0. The topological polar surface area (TPSA) is 71.1 Å². The summed E-state index contributed by atoms with van der Waals surface area (Å²) in [4.78, 5) is 28.1. The molecule has 0 aliphatic rings. The molecular formula is C18H21N3O2. The number of pyridine rings is 1. The number of carbonyl (C=O) groups is 2. The summed E-state index contributed by atoms with van der Waals surface area (Å²) in [5, 5.41) is 5.47. The molecule has 2 aromatic rings. The number of aromatic nitrogens is 1. The van der Waals surface area contributed by atoms with Gasteiger partial charge >= 0.3 is 0 Å². The van der Waals surface area contributed by atoms with Gasteiger partial charge in [0, 0.05) is 24.7 Å². The summed E-state index contributed by atoms with van der Waals surface area (Å²) in [6.07, 6.45) is 1.89. The molecule has 1 aromatic heterocycles. The van der Waals surface area contributed by atoms with Crippen molar-refractivity contribution in [3.8, 4) is 0 Å². The SMILES string of the molecule is Cc1ccc(NC(=O)CCNC(=O)c2cccc(C)c2C)nc1. The van der Waals surface area contributed by atoms with E-state index in [0.29, 0.717) is 11.4 Å². The van der Waals surface area contributed by atoms with Crippen LogP contribution in [0.2, 0.25) is 0 Å². The Balaban J connectivity index is 1.82. The number of rotatable bonds is 5. The number of nitrogens with zero attached hydrogens (tertiary/aromatic N) is 1. The highest BCUT2D eigenvalue weighted by molar-refractivity contribution is 5.96. The van der Waals surface area contributed by atoms with Gasteiger partial charge in [-0.25, -0.2) is 4.98 Å². The van der Waals surface area contributed by atoms with Crippen LogP contribution in [0.1, 0.15) is 33.5 Å². The molecule has 0 atom stereocenters. The highest BCUT2D eigenvalue weighted by Gasteiger charge is 2.10. The van der Waals surface area contributed by atoms with Gasteiger partial charge in [0.25, 0.3) is 5.91 Å². The molecule has 2 N–H and O–H groups in total. The van der Waals surface area contributed by atoms with Gasteiger partial charge in [-0.15, -0.1) is 0 Å². The molecule has 1 aromatic carbocycles. The van der Waals surface area contributed by atoms with Crippen LogP contribution in [0, 0.1) is 20.8 Å². The van der Waals surface area contributed by atoms with Crippen molar-refractivity contribution in [3.05, 3.63) is 58.8 Å². The van der Waals surface area contributed by atoms with Gasteiger partial charge in [0.2, 0.25) is 5.91 Å². The zero-order valence-electron chi connectivity index (χ0n) is 13.6. The fraction of sp³-hybridized carbons (Fsp3) is 0.278. The van der Waals surface area contributed by atoms with E-state index in [9.17, 15) is 9.59 Å². The van der Waals surface area contributed by atoms with Crippen LogP contribution in [0.5, 0.6) is 0 Å². The van der Waals surface area contributed by atoms with Gasteiger partial charge in [-0.3, -0.25) is 9.59 Å². The summed E-state index contributed by atoms with van der Waals surface area (Å²) in [6.45, 7) is 6.10. The minimum atomic E-state index is -0.178. The molecule has 1 heterocycles. The van der Waals surface area contributed by atoms with E-state index in [1.54, 1.807) is 18.3 Å². The van der Waals surface area contributed by atoms with E-state index < -0.39 is 0 Å². The maximum Gasteiger partial charge on any atom is 0.251 e. The standard InChI is InChI=1S/C18H21N3O2/c1-12-7-8-16(20-11-12)21-17(22)9-10-19-18(23)15-6-4-5-13(2)14(15)3/h4-8,11H,9-10H2,1-3H3,(H,19,23)(H,20,21,22). The highest BCUT2D eigenvalue weighted by atomic mass is 16.2. The number of aryl methyl sites for hydroxylation is 2. The maximum absolute atomic E-state index is 12.1. The molecular weight excluding hydrogens is 290 g/mol. The van der Waals surface area contributed by atoms with Crippen molar-refractivity contribution in [1.29, 1.82) is 0 Å². The molecule has 5 heteroatoms. The molecule has 0 fully saturated rings. The molecule has 0 aliphatic heterocycles. The van der Waals surface area contributed by atoms with E-state index >= 15 is 0 Å². The lowest BCUT2D eigenvalue weighted by Gasteiger charge is -2.09. The van der Waals surface area contributed by atoms with Crippen LogP contribution in [0.4, 0.5) is 5.82 Å². The quantitative estimate of drug-likeness (QED) is 0.892. The first-order valence-corrected chi connectivity index (χ1v) is 7.54. The second kappa shape index (κ2) is 7.54. The van der Waals surface area contributed by atoms with Gasteiger partial charge in [0.05, 0.1) is 0 Å². The first-order valence-electron chi connectivity index (χ1n) is 7.54. The molecule has 0 saturated heterocycles. The number of hydrogen-bond donors (Lipinski definition) is 2. The lowest BCUT2D eigenvalue weighted by atomic mass is 10.0. The van der Waals surface area contributed by atoms with Gasteiger partial charge in [-0.05, 0) is 49.6 Å². The zero-order valence-corrected chi connectivity index (χ0v) is 13.6. The Morgan fingerprint density at radius 2 is 1.87 bits per heavy atom. The second-order valence-corrected chi connectivity index (χ2v) is 5.52. The third kappa shape index (κ3) is 4.64. The normalized spacial score (nSPS) is 10.2. The number of carbonyl (C=O) groups excluding carboxylic acids is 2. The van der Waals surface area contributed by atoms with E-state index in [1.807, 2.05) is 39.0 Å². The van der Waals surface area contributed by atoms with Crippen molar-refractivity contribution in [1.82, 2.24) is 10.3 Å². The van der Waals surface area contributed by atoms with Crippen molar-refractivity contribution < 1.29 is 9.59 Å². The third-order valence-electron chi connectivity index (χ3n) is 3.67. The minimum Gasteiger partial charge on any atom is -0.352 e. The Hall–Kier alpha value is -2.69. The number of anilines is 1. The van der Waals surface area contributed by atoms with Gasteiger partial charge in [0.15, 0.2) is 0 Å². The molecule has 0 unspecified atom stereocenters. The molecule has 0 aliphatic carbocycles. The summed E-state index contributed by atoms with van der Waals surface area (Å²) in [5.74, 6) is 0.177. The first-order chi connectivity index (χ1) is 11.0. The number of amides is 2. The van der Waals surface area contributed by atoms with Crippen LogP contribution < -0.4 is 10.6 Å². The van der Waals surface area contributed by atoms with Crippen molar-refractivity contribution in [2.24, 2.45) is 0 Å². The predicted octanol–water partition coefficient (Wildman–Crippen LogP) is 2.77. The summed E-state index contributed by atoms with van der Waals surface area (Å²) in [6, 6.07) is 9.24. The van der Waals surface area contributed by atoms with Gasteiger partial charge in [-0.1, -0.05) is 18.2 Å². The van der Waals surface area contributed by atoms with Crippen LogP contribution in [-0.2, 0) is 4.79 Å².